The monoisotopic (exact) mass is 245 g/mol. The van der Waals surface area contributed by atoms with Gasteiger partial charge < -0.3 is 15.0 Å². The van der Waals surface area contributed by atoms with Crippen molar-refractivity contribution >= 4 is 11.0 Å². The molecule has 0 spiro atoms. The Kier molecular flexibility index (Phi) is 3.06. The molecule has 2 aromatic rings. The maximum absolute atomic E-state index is 6.06. The Balaban J connectivity index is 2.14. The van der Waals surface area contributed by atoms with Gasteiger partial charge in [0.15, 0.2) is 0 Å². The van der Waals surface area contributed by atoms with Gasteiger partial charge >= 0.3 is 0 Å². The van der Waals surface area contributed by atoms with E-state index in [1.54, 1.807) is 0 Å². The van der Waals surface area contributed by atoms with Gasteiger partial charge in [-0.1, -0.05) is 12.1 Å². The third kappa shape index (κ3) is 1.91. The second-order valence-corrected chi connectivity index (χ2v) is 4.99. The third-order valence-corrected chi connectivity index (χ3v) is 3.53. The molecule has 0 aliphatic carbocycles. The highest BCUT2D eigenvalue weighted by Crippen LogP contribution is 2.28. The minimum atomic E-state index is -0.0562. The van der Waals surface area contributed by atoms with Crippen molar-refractivity contribution in [2.45, 2.75) is 31.8 Å². The first-order valence-electron chi connectivity index (χ1n) is 6.57. The first kappa shape index (κ1) is 11.7. The van der Waals surface area contributed by atoms with Crippen molar-refractivity contribution in [2.75, 3.05) is 13.2 Å². The summed E-state index contributed by atoms with van der Waals surface area (Å²) in [7, 11) is 0. The molecular formula is C14H19N3O. The lowest BCUT2D eigenvalue weighted by atomic mass is 10.1. The van der Waals surface area contributed by atoms with Crippen LogP contribution in [0.4, 0.5) is 0 Å². The number of aromatic nitrogens is 2. The van der Waals surface area contributed by atoms with E-state index in [1.165, 1.54) is 5.52 Å². The lowest BCUT2D eigenvalue weighted by Crippen LogP contribution is -2.25. The van der Waals surface area contributed by atoms with E-state index in [9.17, 15) is 0 Å². The number of nitrogens with zero attached hydrogens (tertiary/aromatic N) is 2. The minimum absolute atomic E-state index is 0.0562. The Hall–Kier alpha value is -1.39. The average molecular weight is 245 g/mol. The van der Waals surface area contributed by atoms with Crippen LogP contribution >= 0.6 is 0 Å². The van der Waals surface area contributed by atoms with Gasteiger partial charge in [0, 0.05) is 6.61 Å². The quantitative estimate of drug-likeness (QED) is 0.884. The van der Waals surface area contributed by atoms with E-state index in [2.05, 4.69) is 21.7 Å². The molecule has 1 aromatic heterocycles. The smallest absolute Gasteiger partial charge is 0.126 e. The molecule has 0 bridgehead atoms. The number of ether oxygens (including phenoxy) is 1. The maximum atomic E-state index is 6.06. The van der Waals surface area contributed by atoms with Gasteiger partial charge in [-0.2, -0.15) is 0 Å². The van der Waals surface area contributed by atoms with E-state index in [-0.39, 0.29) is 6.04 Å². The molecule has 4 heteroatoms. The minimum Gasteiger partial charge on any atom is -0.379 e. The fourth-order valence-corrected chi connectivity index (χ4v) is 2.70. The molecule has 1 aliphatic rings. The fraction of sp³-hybridized carbons (Fsp3) is 0.500. The van der Waals surface area contributed by atoms with Crippen molar-refractivity contribution in [3.8, 4) is 0 Å². The Bertz CT molecular complexity index is 541. The second-order valence-electron chi connectivity index (χ2n) is 4.99. The normalized spacial score (nSPS) is 22.2. The zero-order valence-electron chi connectivity index (χ0n) is 10.7. The largest absolute Gasteiger partial charge is 0.379 e. The van der Waals surface area contributed by atoms with E-state index in [4.69, 9.17) is 10.5 Å². The average Bonchev–Trinajstić information content (AvgIpc) is 2.79. The van der Waals surface area contributed by atoms with Crippen LogP contribution in [0.15, 0.2) is 24.3 Å². The summed E-state index contributed by atoms with van der Waals surface area (Å²) in [6.07, 6.45) is 2.25. The summed E-state index contributed by atoms with van der Waals surface area (Å²) in [5.74, 6) is 0.965. The third-order valence-electron chi connectivity index (χ3n) is 3.53. The fourth-order valence-electron chi connectivity index (χ4n) is 2.70. The van der Waals surface area contributed by atoms with E-state index in [0.717, 1.165) is 37.4 Å². The number of hydrogen-bond acceptors (Lipinski definition) is 3. The second kappa shape index (κ2) is 4.71. The summed E-state index contributed by atoms with van der Waals surface area (Å²) in [5, 5.41) is 0. The van der Waals surface area contributed by atoms with Crippen molar-refractivity contribution in [3.63, 3.8) is 0 Å². The van der Waals surface area contributed by atoms with Gasteiger partial charge in [0.1, 0.15) is 5.82 Å². The van der Waals surface area contributed by atoms with Crippen LogP contribution in [-0.4, -0.2) is 22.8 Å². The number of fused-ring (bicyclic) bond motifs is 1. The number of hydrogen-bond donors (Lipinski definition) is 1. The van der Waals surface area contributed by atoms with Crippen LogP contribution in [0.25, 0.3) is 11.0 Å². The van der Waals surface area contributed by atoms with Crippen molar-refractivity contribution in [3.05, 3.63) is 30.1 Å². The molecule has 0 radical (unpaired) electrons. The number of benzene rings is 1. The summed E-state index contributed by atoms with van der Waals surface area (Å²) in [6.45, 7) is 3.62. The summed E-state index contributed by atoms with van der Waals surface area (Å²) in [5.41, 5.74) is 8.25. The van der Waals surface area contributed by atoms with Crippen LogP contribution in [0, 0.1) is 0 Å². The first-order valence-corrected chi connectivity index (χ1v) is 6.57. The molecule has 1 saturated heterocycles. The molecule has 96 valence electrons. The van der Waals surface area contributed by atoms with E-state index < -0.39 is 0 Å². The Morgan fingerprint density at radius 2 is 2.28 bits per heavy atom. The topological polar surface area (TPSA) is 53.1 Å². The zero-order chi connectivity index (χ0) is 12.5. The van der Waals surface area contributed by atoms with Crippen LogP contribution in [0.2, 0.25) is 0 Å². The predicted molar refractivity (Wildman–Crippen MR) is 71.4 cm³/mol. The first-order chi connectivity index (χ1) is 8.77. The van der Waals surface area contributed by atoms with E-state index in [0.29, 0.717) is 6.04 Å². The SMILES string of the molecule is CC(N)c1nc2ccccc2n1[C@H]1CCCOC1. The van der Waals surface area contributed by atoms with E-state index >= 15 is 0 Å². The number of nitrogens with two attached hydrogens (primary N) is 1. The molecule has 2 heterocycles. The Labute approximate surface area is 107 Å². The van der Waals surface area contributed by atoms with Gasteiger partial charge in [-0.3, -0.25) is 0 Å². The highest BCUT2D eigenvalue weighted by atomic mass is 16.5. The molecule has 4 nitrogen and oxygen atoms in total. The molecule has 1 aliphatic heterocycles. The maximum Gasteiger partial charge on any atom is 0.126 e. The molecule has 2 N–H and O–H groups in total. The molecule has 0 amide bonds. The summed E-state index contributed by atoms with van der Waals surface area (Å²) in [4.78, 5) is 4.67. The van der Waals surface area contributed by atoms with Crippen LogP contribution in [0.5, 0.6) is 0 Å². The summed E-state index contributed by atoms with van der Waals surface area (Å²) < 4.78 is 7.88. The molecule has 1 aromatic carbocycles. The molecule has 2 atom stereocenters. The molecule has 1 fully saturated rings. The highest BCUT2D eigenvalue weighted by molar-refractivity contribution is 5.76. The van der Waals surface area contributed by atoms with Crippen LogP contribution in [0.1, 0.15) is 37.7 Å². The molecule has 3 rings (SSSR count). The number of para-hydroxylation sites is 2. The molecule has 1 unspecified atom stereocenters. The van der Waals surface area contributed by atoms with Gasteiger partial charge in [-0.25, -0.2) is 4.98 Å². The summed E-state index contributed by atoms with van der Waals surface area (Å²) in [6, 6.07) is 8.54. The highest BCUT2D eigenvalue weighted by Gasteiger charge is 2.22. The van der Waals surface area contributed by atoms with E-state index in [1.807, 2.05) is 19.1 Å². The molecule has 0 saturated carbocycles. The number of imidazole rings is 1. The van der Waals surface area contributed by atoms with Gasteiger partial charge in [-0.15, -0.1) is 0 Å². The summed E-state index contributed by atoms with van der Waals surface area (Å²) >= 11 is 0. The lowest BCUT2D eigenvalue weighted by Gasteiger charge is -2.26. The molecular weight excluding hydrogens is 226 g/mol. The van der Waals surface area contributed by atoms with Gasteiger partial charge in [0.2, 0.25) is 0 Å². The van der Waals surface area contributed by atoms with Crippen LogP contribution in [0.3, 0.4) is 0 Å². The Morgan fingerprint density at radius 1 is 1.44 bits per heavy atom. The lowest BCUT2D eigenvalue weighted by molar-refractivity contribution is 0.0592. The van der Waals surface area contributed by atoms with Crippen molar-refractivity contribution in [1.82, 2.24) is 9.55 Å². The van der Waals surface area contributed by atoms with Gasteiger partial charge in [-0.05, 0) is 31.9 Å². The standard InChI is InChI=1S/C14H19N3O/c1-10(15)14-16-12-6-2-3-7-13(12)17(14)11-5-4-8-18-9-11/h2-3,6-7,10-11H,4-5,8-9,15H2,1H3/t10?,11-/m0/s1. The number of rotatable bonds is 2. The van der Waals surface area contributed by atoms with Crippen molar-refractivity contribution in [2.24, 2.45) is 5.73 Å². The Morgan fingerprint density at radius 3 is 3.00 bits per heavy atom. The predicted octanol–water partition coefficient (Wildman–Crippen LogP) is 2.41. The van der Waals surface area contributed by atoms with Crippen LogP contribution in [-0.2, 0) is 4.74 Å². The zero-order valence-corrected chi connectivity index (χ0v) is 10.7. The van der Waals surface area contributed by atoms with Gasteiger partial charge in [0.25, 0.3) is 0 Å². The van der Waals surface area contributed by atoms with Gasteiger partial charge in [0.05, 0.1) is 29.7 Å². The van der Waals surface area contributed by atoms with Crippen LogP contribution < -0.4 is 5.73 Å². The molecule has 18 heavy (non-hydrogen) atoms. The van der Waals surface area contributed by atoms with Crippen molar-refractivity contribution in [1.29, 1.82) is 0 Å². The van der Waals surface area contributed by atoms with Crippen molar-refractivity contribution < 1.29 is 4.74 Å².